The summed E-state index contributed by atoms with van der Waals surface area (Å²) in [5, 5.41) is 0. The molecule has 0 spiro atoms. The Balaban J connectivity index is 5.47. The summed E-state index contributed by atoms with van der Waals surface area (Å²) in [4.78, 5) is 13.6. The second kappa shape index (κ2) is 29.6. The van der Waals surface area contributed by atoms with Gasteiger partial charge in [0, 0.05) is 0 Å². The maximum absolute atomic E-state index is 13.6. The summed E-state index contributed by atoms with van der Waals surface area (Å²) in [6, 6.07) is 0. The Labute approximate surface area is 267 Å². The van der Waals surface area contributed by atoms with Crippen molar-refractivity contribution < 1.29 is 9.32 Å². The van der Waals surface area contributed by atoms with Crippen LogP contribution in [-0.2, 0) is 9.32 Å². The van der Waals surface area contributed by atoms with E-state index in [0.717, 1.165) is 6.42 Å². The zero-order valence-corrected chi connectivity index (χ0v) is 31.0. The monoisotopic (exact) mass is 613 g/mol. The van der Waals surface area contributed by atoms with Gasteiger partial charge in [0.2, 0.25) is 0 Å². The molecule has 0 unspecified atom stereocenters. The quantitative estimate of drug-likeness (QED) is 0.0534. The number of hydrogen-bond donors (Lipinski definition) is 0. The number of hydrogen-bond acceptors (Lipinski definition) is 2. The van der Waals surface area contributed by atoms with E-state index in [2.05, 4.69) is 34.6 Å². The predicted molar refractivity (Wildman–Crippen MR) is 195 cm³/mol. The molecule has 0 aliphatic rings. The zero-order valence-electron chi connectivity index (χ0n) is 30.1. The van der Waals surface area contributed by atoms with Gasteiger partial charge in [-0.15, -0.1) is 0 Å². The van der Waals surface area contributed by atoms with Crippen molar-refractivity contribution in [2.75, 3.05) is 24.6 Å². The molecule has 42 heavy (non-hydrogen) atoms. The topological polar surface area (TPSA) is 26.3 Å². The number of carbonyl (C=O) groups is 1. The van der Waals surface area contributed by atoms with Crippen LogP contribution in [0.25, 0.3) is 0 Å². The van der Waals surface area contributed by atoms with E-state index in [9.17, 15) is 4.79 Å². The summed E-state index contributed by atoms with van der Waals surface area (Å²) < 4.78 is 7.14. The molecule has 0 saturated carbocycles. The third kappa shape index (κ3) is 22.4. The molecule has 0 amide bonds. The fourth-order valence-corrected chi connectivity index (χ4v) is 13.5. The molecule has 0 fully saturated rings. The van der Waals surface area contributed by atoms with Crippen LogP contribution in [0, 0.1) is 0 Å². The summed E-state index contributed by atoms with van der Waals surface area (Å²) in [5.41, 5.74) is 0. The van der Waals surface area contributed by atoms with E-state index in [0.29, 0.717) is 6.42 Å². The molecule has 0 saturated heterocycles. The van der Waals surface area contributed by atoms with E-state index in [4.69, 9.17) is 4.52 Å². The van der Waals surface area contributed by atoms with Gasteiger partial charge in [-0.3, -0.25) is 0 Å². The summed E-state index contributed by atoms with van der Waals surface area (Å²) in [6.45, 7) is 8.93. The van der Waals surface area contributed by atoms with E-state index < -0.39 is 6.83 Å². The van der Waals surface area contributed by atoms with Crippen molar-refractivity contribution in [1.82, 2.24) is 0 Å². The maximum atomic E-state index is 13.6. The molecule has 0 rings (SSSR count). The summed E-state index contributed by atoms with van der Waals surface area (Å²) in [6.07, 6.45) is 42.5. The molecule has 0 aromatic heterocycles. The molecular formula is C39H81O2P. The zero-order chi connectivity index (χ0) is 31.1. The molecule has 0 bridgehead atoms. The van der Waals surface area contributed by atoms with Crippen LogP contribution in [0.5, 0.6) is 0 Å². The average molecular weight is 613 g/mol. The fourth-order valence-electron chi connectivity index (χ4n) is 7.05. The Morgan fingerprint density at radius 1 is 0.357 bits per heavy atom. The SMILES string of the molecule is CCCCCCCCCCCCCCP(CCCCCC)(CCCCCC)(CCCCCC)OC(=O)CCCCCC. The summed E-state index contributed by atoms with van der Waals surface area (Å²) in [7, 11) is 0. The van der Waals surface area contributed by atoms with Gasteiger partial charge in [0.05, 0.1) is 0 Å². The van der Waals surface area contributed by atoms with Crippen LogP contribution in [0.15, 0.2) is 0 Å². The van der Waals surface area contributed by atoms with Crippen molar-refractivity contribution in [2.24, 2.45) is 0 Å². The van der Waals surface area contributed by atoms with Gasteiger partial charge in [0.15, 0.2) is 0 Å². The van der Waals surface area contributed by atoms with Gasteiger partial charge in [-0.05, 0) is 0 Å². The predicted octanol–water partition coefficient (Wildman–Crippen LogP) is 14.4. The van der Waals surface area contributed by atoms with Crippen LogP contribution in [0.1, 0.15) is 221 Å². The van der Waals surface area contributed by atoms with Crippen LogP contribution in [-0.4, -0.2) is 30.6 Å². The second-order valence-electron chi connectivity index (χ2n) is 14.1. The Bertz CT molecular complexity index is 541. The van der Waals surface area contributed by atoms with Crippen LogP contribution in [0.4, 0.5) is 0 Å². The van der Waals surface area contributed by atoms with Crippen molar-refractivity contribution in [2.45, 2.75) is 221 Å². The van der Waals surface area contributed by atoms with Gasteiger partial charge >= 0.3 is 254 Å². The molecule has 0 atom stereocenters. The first-order chi connectivity index (χ1) is 20.5. The first-order valence-electron chi connectivity index (χ1n) is 19.7. The Morgan fingerprint density at radius 2 is 0.595 bits per heavy atom. The number of carbonyl (C=O) groups excluding carboxylic acids is 1. The van der Waals surface area contributed by atoms with Crippen LogP contribution >= 0.6 is 6.83 Å². The minimum absolute atomic E-state index is 0.171. The Kier molecular flexibility index (Phi) is 29.5. The molecule has 0 heterocycles. The van der Waals surface area contributed by atoms with Crippen molar-refractivity contribution in [1.29, 1.82) is 0 Å². The normalized spacial score (nSPS) is 12.8. The first kappa shape index (κ1) is 41.9. The molecule has 0 aliphatic heterocycles. The first-order valence-corrected chi connectivity index (χ1v) is 22.6. The number of unbranched alkanes of at least 4 members (excludes halogenated alkanes) is 23. The van der Waals surface area contributed by atoms with Gasteiger partial charge in [-0.25, -0.2) is 0 Å². The third-order valence-corrected chi connectivity index (χ3v) is 16.4. The van der Waals surface area contributed by atoms with Crippen molar-refractivity contribution in [3.8, 4) is 0 Å². The van der Waals surface area contributed by atoms with Crippen LogP contribution in [0.2, 0.25) is 0 Å². The molecule has 254 valence electrons. The molecule has 0 N–H and O–H groups in total. The second-order valence-corrected chi connectivity index (χ2v) is 19.8. The van der Waals surface area contributed by atoms with E-state index in [1.165, 1.54) is 198 Å². The third-order valence-electron chi connectivity index (χ3n) is 9.90. The van der Waals surface area contributed by atoms with E-state index >= 15 is 0 Å². The van der Waals surface area contributed by atoms with Gasteiger partial charge in [0.25, 0.3) is 0 Å². The molecule has 0 radical (unpaired) electrons. The summed E-state index contributed by atoms with van der Waals surface area (Å²) in [5.74, 6) is 0.171. The van der Waals surface area contributed by atoms with Gasteiger partial charge in [-0.2, -0.15) is 0 Å². The number of rotatable bonds is 34. The Morgan fingerprint density at radius 3 is 0.905 bits per heavy atom. The molecule has 0 aliphatic carbocycles. The van der Waals surface area contributed by atoms with Gasteiger partial charge in [0.1, 0.15) is 0 Å². The van der Waals surface area contributed by atoms with Crippen LogP contribution in [0.3, 0.4) is 0 Å². The van der Waals surface area contributed by atoms with Crippen molar-refractivity contribution in [3.63, 3.8) is 0 Å². The molecule has 2 nitrogen and oxygen atoms in total. The van der Waals surface area contributed by atoms with Crippen LogP contribution < -0.4 is 0 Å². The van der Waals surface area contributed by atoms with E-state index in [1.54, 1.807) is 0 Å². The van der Waals surface area contributed by atoms with E-state index in [1.807, 2.05) is 0 Å². The van der Waals surface area contributed by atoms with E-state index in [-0.39, 0.29) is 5.97 Å². The minimum atomic E-state index is -2.58. The molecule has 0 aromatic rings. The summed E-state index contributed by atoms with van der Waals surface area (Å²) >= 11 is 0. The fraction of sp³-hybridized carbons (Fsp3) is 0.974. The molecular weight excluding hydrogens is 531 g/mol. The molecule has 3 heteroatoms. The van der Waals surface area contributed by atoms with Gasteiger partial charge < -0.3 is 0 Å². The van der Waals surface area contributed by atoms with Crippen molar-refractivity contribution >= 4 is 12.8 Å². The van der Waals surface area contributed by atoms with Gasteiger partial charge in [-0.1, -0.05) is 13.3 Å². The average Bonchev–Trinajstić information content (AvgIpc) is 2.99. The standard InChI is InChI=1S/C39H81O2P/c1-6-11-16-21-22-23-24-25-26-27-28-33-38-42(35-30-18-13-8-3,36-31-19-14-9-4,37-32-20-15-10-5)41-39(40)34-29-17-12-7-2/h6-38H2,1-5H3. The molecule has 0 aromatic carbocycles. The Hall–Kier alpha value is -0.100. The van der Waals surface area contributed by atoms with Crippen molar-refractivity contribution in [3.05, 3.63) is 0 Å².